The SMILES string of the molecule is CC(=O)O[C@H]1C(=O)[C@@]2(C)C([C@H](OC(=O)c3ccccc3)[C@]3(O)C[C@H](OC(=O)[C@H](O)CNC(=O)c4ccc(C(F)(F)F)cc4)C(C)=C1C3(C)C)[C@]1(OC(C)=O)CO[C@@H]1C[C@@H]2O. The van der Waals surface area contributed by atoms with Crippen molar-refractivity contribution in [3.8, 4) is 0 Å². The highest BCUT2D eigenvalue weighted by Crippen LogP contribution is 2.64. The van der Waals surface area contributed by atoms with Gasteiger partial charge in [-0.1, -0.05) is 32.0 Å². The Kier molecular flexibility index (Phi) is 11.6. The van der Waals surface area contributed by atoms with Gasteiger partial charge in [0.2, 0.25) is 0 Å². The second-order valence-corrected chi connectivity index (χ2v) is 16.5. The van der Waals surface area contributed by atoms with E-state index in [0.29, 0.717) is 12.1 Å². The second kappa shape index (κ2) is 15.7. The van der Waals surface area contributed by atoms with E-state index in [1.165, 1.54) is 39.8 Å². The zero-order chi connectivity index (χ0) is 44.3. The first kappa shape index (κ1) is 44.4. The highest BCUT2D eigenvalue weighted by Gasteiger charge is 2.78. The molecule has 10 atom stereocenters. The molecule has 2 bridgehead atoms. The van der Waals surface area contributed by atoms with Gasteiger partial charge in [0.15, 0.2) is 23.6 Å². The van der Waals surface area contributed by atoms with Crippen LogP contribution < -0.4 is 5.32 Å². The summed E-state index contributed by atoms with van der Waals surface area (Å²) < 4.78 is 68.6. The Labute approximate surface area is 342 Å². The van der Waals surface area contributed by atoms with Crippen molar-refractivity contribution in [3.63, 3.8) is 0 Å². The van der Waals surface area contributed by atoms with Crippen LogP contribution in [-0.2, 0) is 49.0 Å². The minimum atomic E-state index is -4.65. The Morgan fingerprint density at radius 2 is 1.57 bits per heavy atom. The summed E-state index contributed by atoms with van der Waals surface area (Å²) in [6.45, 7) is 6.81. The van der Waals surface area contributed by atoms with Gasteiger partial charge in [-0.25, -0.2) is 9.59 Å². The molecule has 4 aliphatic rings. The van der Waals surface area contributed by atoms with Gasteiger partial charge in [-0.3, -0.25) is 19.2 Å². The van der Waals surface area contributed by atoms with Gasteiger partial charge < -0.3 is 44.3 Å². The number of halogens is 3. The van der Waals surface area contributed by atoms with Crippen molar-refractivity contribution in [2.45, 2.75) is 108 Å². The molecule has 1 amide bonds. The number of carbonyl (C=O) groups is 6. The maximum Gasteiger partial charge on any atom is 0.416 e. The summed E-state index contributed by atoms with van der Waals surface area (Å²) in [4.78, 5) is 81.4. The first-order valence-electron chi connectivity index (χ1n) is 19.1. The average Bonchev–Trinajstić information content (AvgIpc) is 3.17. The highest BCUT2D eigenvalue weighted by atomic mass is 19.4. The molecule has 0 aromatic heterocycles. The fraction of sp³-hybridized carbons (Fsp3) is 0.524. The highest BCUT2D eigenvalue weighted by molar-refractivity contribution is 5.96. The Morgan fingerprint density at radius 3 is 2.12 bits per heavy atom. The number of aliphatic hydroxyl groups is 3. The number of ketones is 1. The molecule has 4 N–H and O–H groups in total. The summed E-state index contributed by atoms with van der Waals surface area (Å²) in [5.74, 6) is -7.51. The van der Waals surface area contributed by atoms with E-state index in [1.54, 1.807) is 18.2 Å². The van der Waals surface area contributed by atoms with Crippen LogP contribution in [0.1, 0.15) is 80.7 Å². The first-order chi connectivity index (χ1) is 27.9. The summed E-state index contributed by atoms with van der Waals surface area (Å²) in [7, 11) is 0. The van der Waals surface area contributed by atoms with E-state index in [-0.39, 0.29) is 35.3 Å². The van der Waals surface area contributed by atoms with E-state index in [2.05, 4.69) is 5.32 Å². The third-order valence-corrected chi connectivity index (χ3v) is 12.6. The van der Waals surface area contributed by atoms with E-state index >= 15 is 4.79 Å². The monoisotopic (exact) mass is 845 g/mol. The number of fused-ring (bicyclic) bond motifs is 5. The topological polar surface area (TPSA) is 221 Å². The number of alkyl halides is 3. The van der Waals surface area contributed by atoms with Crippen LogP contribution in [0.3, 0.4) is 0 Å². The minimum absolute atomic E-state index is 0.0262. The number of carbonyl (C=O) groups excluding carboxylic acids is 6. The number of nitrogens with one attached hydrogen (secondary N) is 1. The van der Waals surface area contributed by atoms with Gasteiger partial charge in [0, 0.05) is 37.7 Å². The lowest BCUT2D eigenvalue weighted by atomic mass is 9.44. The van der Waals surface area contributed by atoms with Gasteiger partial charge in [0.05, 0.1) is 41.7 Å². The van der Waals surface area contributed by atoms with Gasteiger partial charge >= 0.3 is 30.1 Å². The maximum absolute atomic E-state index is 15.3. The molecule has 60 heavy (non-hydrogen) atoms. The van der Waals surface area contributed by atoms with Crippen molar-refractivity contribution in [3.05, 3.63) is 82.4 Å². The van der Waals surface area contributed by atoms with Crippen LogP contribution in [0.15, 0.2) is 65.7 Å². The molecule has 18 heteroatoms. The molecule has 2 aromatic carbocycles. The van der Waals surface area contributed by atoms with E-state index in [1.807, 2.05) is 0 Å². The van der Waals surface area contributed by atoms with Gasteiger partial charge in [-0.2, -0.15) is 13.2 Å². The molecule has 1 unspecified atom stereocenters. The molecule has 1 aliphatic heterocycles. The predicted molar refractivity (Wildman–Crippen MR) is 198 cm³/mol. The minimum Gasteiger partial charge on any atom is -0.456 e. The fourth-order valence-corrected chi connectivity index (χ4v) is 9.42. The lowest BCUT2D eigenvalue weighted by Crippen LogP contribution is -2.82. The summed E-state index contributed by atoms with van der Waals surface area (Å²) in [5.41, 5.74) is -9.19. The number of aliphatic hydroxyl groups excluding tert-OH is 2. The Morgan fingerprint density at radius 1 is 0.933 bits per heavy atom. The third-order valence-electron chi connectivity index (χ3n) is 12.6. The Hall–Kier alpha value is -5.17. The fourth-order valence-electron chi connectivity index (χ4n) is 9.42. The average molecular weight is 846 g/mol. The van der Waals surface area contributed by atoms with Crippen molar-refractivity contribution in [1.82, 2.24) is 5.32 Å². The number of benzene rings is 2. The second-order valence-electron chi connectivity index (χ2n) is 16.5. The number of esters is 4. The first-order valence-corrected chi connectivity index (χ1v) is 19.1. The zero-order valence-corrected chi connectivity index (χ0v) is 33.5. The summed E-state index contributed by atoms with van der Waals surface area (Å²) in [6.07, 6.45) is -15.5. The van der Waals surface area contributed by atoms with Crippen LogP contribution in [-0.4, -0.2) is 112 Å². The van der Waals surface area contributed by atoms with Crippen molar-refractivity contribution in [1.29, 1.82) is 0 Å². The van der Waals surface area contributed by atoms with Gasteiger partial charge in [0.1, 0.15) is 23.9 Å². The third kappa shape index (κ3) is 7.36. The quantitative estimate of drug-likeness (QED) is 0.162. The molecule has 1 saturated heterocycles. The molecule has 6 rings (SSSR count). The summed E-state index contributed by atoms with van der Waals surface area (Å²) in [6, 6.07) is 10.8. The van der Waals surface area contributed by atoms with Crippen LogP contribution >= 0.6 is 0 Å². The molecule has 0 radical (unpaired) electrons. The number of hydrogen-bond donors (Lipinski definition) is 4. The van der Waals surface area contributed by atoms with Crippen LogP contribution in [0.25, 0.3) is 0 Å². The molecular weight excluding hydrogens is 799 g/mol. The lowest BCUT2D eigenvalue weighted by Gasteiger charge is -2.67. The van der Waals surface area contributed by atoms with E-state index in [9.17, 15) is 52.5 Å². The number of Topliss-reactive ketones (excluding diaryl/α,β-unsaturated/α-hetero) is 1. The number of ether oxygens (including phenoxy) is 5. The normalized spacial score (nSPS) is 32.4. The maximum atomic E-state index is 15.3. The zero-order valence-electron chi connectivity index (χ0n) is 33.5. The molecule has 3 aliphatic carbocycles. The van der Waals surface area contributed by atoms with Crippen molar-refractivity contribution >= 4 is 35.6 Å². The number of amides is 1. The predicted octanol–water partition coefficient (Wildman–Crippen LogP) is 3.01. The van der Waals surface area contributed by atoms with Crippen LogP contribution in [0, 0.1) is 16.7 Å². The van der Waals surface area contributed by atoms with E-state index in [4.69, 9.17) is 23.7 Å². The van der Waals surface area contributed by atoms with Crippen LogP contribution in [0.4, 0.5) is 13.2 Å². The number of rotatable bonds is 9. The van der Waals surface area contributed by atoms with Crippen LogP contribution in [0.5, 0.6) is 0 Å². The van der Waals surface area contributed by atoms with E-state index in [0.717, 1.165) is 26.0 Å². The molecule has 324 valence electrons. The molecule has 0 spiro atoms. The van der Waals surface area contributed by atoms with Crippen molar-refractivity contribution < 1.29 is 80.9 Å². The smallest absolute Gasteiger partial charge is 0.416 e. The molecule has 1 heterocycles. The molecule has 15 nitrogen and oxygen atoms in total. The summed E-state index contributed by atoms with van der Waals surface area (Å²) in [5, 5.41) is 38.5. The Balaban J connectivity index is 1.44. The Bertz CT molecular complexity index is 2110. The molecule has 2 aromatic rings. The van der Waals surface area contributed by atoms with Crippen molar-refractivity contribution in [2.24, 2.45) is 16.7 Å². The molecule has 2 saturated carbocycles. The lowest BCUT2D eigenvalue weighted by molar-refractivity contribution is -0.346. The van der Waals surface area contributed by atoms with Crippen LogP contribution in [0.2, 0.25) is 0 Å². The van der Waals surface area contributed by atoms with E-state index < -0.39 is 125 Å². The van der Waals surface area contributed by atoms with Gasteiger partial charge in [0.25, 0.3) is 5.91 Å². The van der Waals surface area contributed by atoms with Gasteiger partial charge in [-0.15, -0.1) is 0 Å². The number of hydrogen-bond acceptors (Lipinski definition) is 14. The summed E-state index contributed by atoms with van der Waals surface area (Å²) >= 11 is 0. The molecular formula is C42H46F3NO14. The van der Waals surface area contributed by atoms with Gasteiger partial charge in [-0.05, 0) is 61.4 Å². The molecule has 3 fully saturated rings. The van der Waals surface area contributed by atoms with Crippen molar-refractivity contribution in [2.75, 3.05) is 13.2 Å². The largest absolute Gasteiger partial charge is 0.456 e. The standard InChI is InChI=1S/C42H46F3NO14/c1-20-27(58-37(54)26(49)18-46-35(52)23-12-14-25(15-13-23)42(43,44)45)17-41(55)34(59-36(53)24-10-8-7-9-11-24)32-39(6,28(50)16-29-40(32,19-56-29)60-22(3)48)33(51)31(57-21(2)47)30(20)38(41,4)5/h7-15,26-29,31-32,34,49-50,55H,16-19H2,1-6H3,(H,46,52)/t26-,27+,28+,29-,31-,32?,34+,39-,40+,41-/m1/s1.